The maximum Gasteiger partial charge on any atom is 0.261 e. The molecule has 0 saturated heterocycles. The lowest BCUT2D eigenvalue weighted by atomic mass is 10.1. The first-order valence-electron chi connectivity index (χ1n) is 9.03. The van der Waals surface area contributed by atoms with E-state index in [0.29, 0.717) is 17.3 Å². The molecule has 1 N–H and O–H groups in total. The molecule has 0 spiro atoms. The lowest BCUT2D eigenvalue weighted by Gasteiger charge is -2.28. The number of methoxy groups -OCH3 is 1. The number of likely N-dealkylation sites (N-methyl/N-ethyl adjacent to an activating group) is 1. The van der Waals surface area contributed by atoms with Crippen LogP contribution in [0, 0.1) is 0 Å². The summed E-state index contributed by atoms with van der Waals surface area (Å²) in [5, 5.41) is 3.28. The summed E-state index contributed by atoms with van der Waals surface area (Å²) in [5.41, 5.74) is 0.882. The van der Waals surface area contributed by atoms with Crippen LogP contribution < -0.4 is 14.8 Å². The lowest BCUT2D eigenvalue weighted by Crippen LogP contribution is -2.49. The van der Waals surface area contributed by atoms with Gasteiger partial charge in [-0.2, -0.15) is 0 Å². The Labute approximate surface area is 170 Å². The molecule has 0 heterocycles. The predicted octanol–water partition coefficient (Wildman–Crippen LogP) is 3.28. The molecule has 0 aliphatic rings. The quantitative estimate of drug-likeness (QED) is 0.696. The molecule has 2 amide bonds. The van der Waals surface area contributed by atoms with Crippen LogP contribution >= 0.6 is 11.6 Å². The van der Waals surface area contributed by atoms with Crippen LogP contribution in [0.2, 0.25) is 5.02 Å². The van der Waals surface area contributed by atoms with E-state index in [1.54, 1.807) is 38.3 Å². The summed E-state index contributed by atoms with van der Waals surface area (Å²) in [4.78, 5) is 26.7. The second kappa shape index (κ2) is 10.6. The first-order valence-corrected chi connectivity index (χ1v) is 9.40. The van der Waals surface area contributed by atoms with E-state index < -0.39 is 6.04 Å². The van der Waals surface area contributed by atoms with Gasteiger partial charge >= 0.3 is 0 Å². The van der Waals surface area contributed by atoms with Crippen molar-refractivity contribution in [2.75, 3.05) is 20.3 Å². The van der Waals surface area contributed by atoms with Crippen molar-refractivity contribution in [1.82, 2.24) is 10.2 Å². The highest BCUT2D eigenvalue weighted by molar-refractivity contribution is 6.30. The summed E-state index contributed by atoms with van der Waals surface area (Å²) in [5.74, 6) is 0.709. The van der Waals surface area contributed by atoms with Crippen molar-refractivity contribution in [3.63, 3.8) is 0 Å². The monoisotopic (exact) mass is 404 g/mol. The molecule has 0 aliphatic carbocycles. The highest BCUT2D eigenvalue weighted by atomic mass is 35.5. The second-order valence-corrected chi connectivity index (χ2v) is 6.62. The molecule has 2 aromatic rings. The average molecular weight is 405 g/mol. The van der Waals surface area contributed by atoms with Gasteiger partial charge < -0.3 is 19.7 Å². The zero-order valence-electron chi connectivity index (χ0n) is 16.3. The van der Waals surface area contributed by atoms with E-state index in [1.165, 1.54) is 4.90 Å². The highest BCUT2D eigenvalue weighted by Crippen LogP contribution is 2.18. The van der Waals surface area contributed by atoms with Crippen LogP contribution in [0.1, 0.15) is 19.4 Å². The van der Waals surface area contributed by atoms with Crippen molar-refractivity contribution >= 4 is 23.4 Å². The molecule has 0 aliphatic heterocycles. The van der Waals surface area contributed by atoms with Crippen LogP contribution in [0.5, 0.6) is 11.5 Å². The van der Waals surface area contributed by atoms with Gasteiger partial charge in [-0.1, -0.05) is 29.8 Å². The third kappa shape index (κ3) is 6.16. The fourth-order valence-corrected chi connectivity index (χ4v) is 2.80. The number of halogens is 1. The molecule has 28 heavy (non-hydrogen) atoms. The maximum absolute atomic E-state index is 12.8. The Morgan fingerprint density at radius 3 is 2.46 bits per heavy atom. The van der Waals surface area contributed by atoms with Gasteiger partial charge in [-0.15, -0.1) is 0 Å². The van der Waals surface area contributed by atoms with E-state index in [4.69, 9.17) is 21.1 Å². The Kier molecular flexibility index (Phi) is 8.14. The smallest absolute Gasteiger partial charge is 0.261 e. The summed E-state index contributed by atoms with van der Waals surface area (Å²) >= 11 is 5.94. The molecule has 0 saturated carbocycles. The molecule has 0 fully saturated rings. The summed E-state index contributed by atoms with van der Waals surface area (Å²) in [6.07, 6.45) is 0. The van der Waals surface area contributed by atoms with Gasteiger partial charge in [0.05, 0.1) is 7.11 Å². The van der Waals surface area contributed by atoms with Crippen molar-refractivity contribution < 1.29 is 19.1 Å². The number of hydrogen-bond donors (Lipinski definition) is 1. The minimum absolute atomic E-state index is 0.194. The standard InChI is InChI=1S/C21H25ClN2O4/c1-4-23-21(26)15(2)24(13-16-8-10-18(27-3)11-9-16)20(25)14-28-19-7-5-6-17(22)12-19/h5-12,15H,4,13-14H2,1-3H3,(H,23,26)/t15-/m1/s1. The van der Waals surface area contributed by atoms with Crippen molar-refractivity contribution in [2.45, 2.75) is 26.4 Å². The normalized spacial score (nSPS) is 11.4. The van der Waals surface area contributed by atoms with E-state index in [9.17, 15) is 9.59 Å². The highest BCUT2D eigenvalue weighted by Gasteiger charge is 2.26. The summed E-state index contributed by atoms with van der Waals surface area (Å²) in [6.45, 7) is 4.11. The largest absolute Gasteiger partial charge is 0.497 e. The number of rotatable bonds is 9. The first kappa shape index (κ1) is 21.6. The van der Waals surface area contributed by atoms with Gasteiger partial charge in [0, 0.05) is 18.1 Å². The molecule has 150 valence electrons. The molecular weight excluding hydrogens is 380 g/mol. The Hall–Kier alpha value is -2.73. The van der Waals surface area contributed by atoms with Gasteiger partial charge in [0.15, 0.2) is 6.61 Å². The molecular formula is C21H25ClN2O4. The van der Waals surface area contributed by atoms with Crippen molar-refractivity contribution in [1.29, 1.82) is 0 Å². The number of carbonyl (C=O) groups excluding carboxylic acids is 2. The van der Waals surface area contributed by atoms with E-state index in [-0.39, 0.29) is 25.0 Å². The van der Waals surface area contributed by atoms with Gasteiger partial charge in [-0.05, 0) is 49.7 Å². The fourth-order valence-electron chi connectivity index (χ4n) is 2.62. The number of nitrogens with one attached hydrogen (secondary N) is 1. The van der Waals surface area contributed by atoms with E-state index in [1.807, 2.05) is 31.2 Å². The Balaban J connectivity index is 2.13. The molecule has 6 nitrogen and oxygen atoms in total. The Bertz CT molecular complexity index is 795. The SMILES string of the molecule is CCNC(=O)[C@@H](C)N(Cc1ccc(OC)cc1)C(=O)COc1cccc(Cl)c1. The van der Waals surface area contributed by atoms with Gasteiger partial charge in [-0.3, -0.25) is 9.59 Å². The maximum atomic E-state index is 12.8. The molecule has 0 unspecified atom stereocenters. The van der Waals surface area contributed by atoms with Gasteiger partial charge in [0.2, 0.25) is 5.91 Å². The Morgan fingerprint density at radius 1 is 1.14 bits per heavy atom. The van der Waals surface area contributed by atoms with Crippen LogP contribution in [0.25, 0.3) is 0 Å². The third-order valence-electron chi connectivity index (χ3n) is 4.19. The fraction of sp³-hybridized carbons (Fsp3) is 0.333. The Morgan fingerprint density at radius 2 is 1.86 bits per heavy atom. The zero-order chi connectivity index (χ0) is 20.5. The van der Waals surface area contributed by atoms with Gasteiger partial charge in [0.25, 0.3) is 5.91 Å². The number of benzene rings is 2. The van der Waals surface area contributed by atoms with Crippen LogP contribution in [-0.2, 0) is 16.1 Å². The minimum atomic E-state index is -0.641. The van der Waals surface area contributed by atoms with Crippen LogP contribution in [-0.4, -0.2) is 43.0 Å². The molecule has 7 heteroatoms. The summed E-state index contributed by atoms with van der Waals surface area (Å²) < 4.78 is 10.7. The molecule has 0 radical (unpaired) electrons. The van der Waals surface area contributed by atoms with E-state index in [2.05, 4.69) is 5.32 Å². The van der Waals surface area contributed by atoms with Crippen molar-refractivity contribution in [2.24, 2.45) is 0 Å². The summed E-state index contributed by atoms with van der Waals surface area (Å²) in [6, 6.07) is 13.5. The van der Waals surface area contributed by atoms with Crippen LogP contribution in [0.15, 0.2) is 48.5 Å². The molecule has 0 aromatic heterocycles. The van der Waals surface area contributed by atoms with Gasteiger partial charge in [0.1, 0.15) is 17.5 Å². The minimum Gasteiger partial charge on any atom is -0.497 e. The van der Waals surface area contributed by atoms with Crippen LogP contribution in [0.3, 0.4) is 0 Å². The number of hydrogen-bond acceptors (Lipinski definition) is 4. The number of carbonyl (C=O) groups is 2. The van der Waals surface area contributed by atoms with Crippen molar-refractivity contribution in [3.05, 3.63) is 59.1 Å². The molecule has 1 atom stereocenters. The number of amides is 2. The van der Waals surface area contributed by atoms with Crippen molar-refractivity contribution in [3.8, 4) is 11.5 Å². The molecule has 0 bridgehead atoms. The lowest BCUT2D eigenvalue weighted by molar-refractivity contribution is -0.142. The molecule has 2 rings (SSSR count). The zero-order valence-corrected chi connectivity index (χ0v) is 17.0. The third-order valence-corrected chi connectivity index (χ3v) is 4.42. The second-order valence-electron chi connectivity index (χ2n) is 6.19. The summed E-state index contributed by atoms with van der Waals surface area (Å²) in [7, 11) is 1.59. The molecule has 2 aromatic carbocycles. The number of nitrogens with zero attached hydrogens (tertiary/aromatic N) is 1. The average Bonchev–Trinajstić information content (AvgIpc) is 2.70. The predicted molar refractivity (Wildman–Crippen MR) is 109 cm³/mol. The van der Waals surface area contributed by atoms with E-state index >= 15 is 0 Å². The van der Waals surface area contributed by atoms with Crippen LogP contribution in [0.4, 0.5) is 0 Å². The topological polar surface area (TPSA) is 67.9 Å². The first-order chi connectivity index (χ1) is 13.4. The van der Waals surface area contributed by atoms with Gasteiger partial charge in [-0.25, -0.2) is 0 Å². The van der Waals surface area contributed by atoms with E-state index in [0.717, 1.165) is 11.3 Å². The number of ether oxygens (including phenoxy) is 2.